The van der Waals surface area contributed by atoms with Crippen molar-refractivity contribution < 1.29 is 38.3 Å². The number of anilines is 2. The molecular formula is C31H37ClN5O8P. The number of oxime groups is 1. The zero-order chi connectivity index (χ0) is 32.9. The van der Waals surface area contributed by atoms with Gasteiger partial charge in [-0.15, -0.1) is 0 Å². The minimum atomic E-state index is -4.64. The second kappa shape index (κ2) is 17.2. The second-order valence-electron chi connectivity index (χ2n) is 10.2. The molecular weight excluding hydrogens is 637 g/mol. The number of hydrogen-bond acceptors (Lipinski definition) is 10. The molecule has 1 aromatic heterocycles. The molecule has 0 aliphatic carbocycles. The first-order valence-electron chi connectivity index (χ1n) is 14.4. The molecule has 1 aliphatic rings. The van der Waals surface area contributed by atoms with E-state index in [1.165, 1.54) is 6.33 Å². The normalized spacial score (nSPS) is 13.9. The average molecular weight is 674 g/mol. The summed E-state index contributed by atoms with van der Waals surface area (Å²) in [7, 11) is -3.00. The molecule has 246 valence electrons. The molecule has 46 heavy (non-hydrogen) atoms. The van der Waals surface area contributed by atoms with Crippen LogP contribution in [0.5, 0.6) is 11.5 Å². The van der Waals surface area contributed by atoms with E-state index in [-0.39, 0.29) is 0 Å². The Kier molecular flexibility index (Phi) is 13.1. The minimum absolute atomic E-state index is 0.374. The fourth-order valence-electron chi connectivity index (χ4n) is 4.50. The lowest BCUT2D eigenvalue weighted by molar-refractivity contribution is 0.0357. The Morgan fingerprint density at radius 3 is 2.41 bits per heavy atom. The van der Waals surface area contributed by atoms with E-state index in [9.17, 15) is 0 Å². The van der Waals surface area contributed by atoms with E-state index in [1.807, 2.05) is 67.6 Å². The molecule has 0 atom stereocenters. The maximum atomic E-state index is 8.88. The molecule has 13 nitrogen and oxygen atoms in total. The van der Waals surface area contributed by atoms with Gasteiger partial charge in [0, 0.05) is 41.8 Å². The lowest BCUT2D eigenvalue weighted by Crippen LogP contribution is -2.37. The first-order chi connectivity index (χ1) is 22.1. The number of hydrogen-bond donors (Lipinski definition) is 4. The number of halogens is 1. The Morgan fingerprint density at radius 1 is 1.04 bits per heavy atom. The summed E-state index contributed by atoms with van der Waals surface area (Å²) in [6.07, 6.45) is 2.45. The minimum Gasteiger partial charge on any atom is -0.493 e. The lowest BCUT2D eigenvalue weighted by atomic mass is 10.1. The number of ether oxygens (including phenoxy) is 3. The van der Waals surface area contributed by atoms with E-state index in [1.54, 1.807) is 7.11 Å². The first kappa shape index (κ1) is 35.1. The van der Waals surface area contributed by atoms with E-state index >= 15 is 0 Å². The molecule has 0 unspecified atom stereocenters. The van der Waals surface area contributed by atoms with Crippen LogP contribution in [0.15, 0.2) is 72.1 Å². The molecule has 1 fully saturated rings. The highest BCUT2D eigenvalue weighted by atomic mass is 35.5. The largest absolute Gasteiger partial charge is 0.493 e. The monoisotopic (exact) mass is 673 g/mol. The van der Waals surface area contributed by atoms with Gasteiger partial charge in [-0.2, -0.15) is 0 Å². The highest BCUT2D eigenvalue weighted by Gasteiger charge is 2.14. The van der Waals surface area contributed by atoms with Crippen molar-refractivity contribution in [3.05, 3.63) is 83.1 Å². The highest BCUT2D eigenvalue weighted by Crippen LogP contribution is 2.35. The topological polar surface area (TPSA) is 168 Å². The van der Waals surface area contributed by atoms with Gasteiger partial charge in [0.15, 0.2) is 11.5 Å². The van der Waals surface area contributed by atoms with Gasteiger partial charge < -0.3 is 39.0 Å². The third-order valence-corrected chi connectivity index (χ3v) is 7.06. The van der Waals surface area contributed by atoms with E-state index in [4.69, 9.17) is 49.9 Å². The number of nitrogens with zero attached hydrogens (tertiary/aromatic N) is 4. The fourth-order valence-corrected chi connectivity index (χ4v) is 4.63. The number of morpholine rings is 1. The molecule has 0 saturated carbocycles. The molecule has 1 aliphatic heterocycles. The molecule has 0 amide bonds. The van der Waals surface area contributed by atoms with Crippen LogP contribution >= 0.6 is 19.4 Å². The molecule has 15 heteroatoms. The fraction of sp³-hybridized carbons (Fsp3) is 0.323. The van der Waals surface area contributed by atoms with Gasteiger partial charge in [0.1, 0.15) is 18.8 Å². The van der Waals surface area contributed by atoms with Crippen LogP contribution in [0.25, 0.3) is 10.9 Å². The number of nitrogens with one attached hydrogen (secondary N) is 1. The number of aromatic nitrogens is 2. The Labute approximate surface area is 272 Å². The second-order valence-corrected chi connectivity index (χ2v) is 11.7. The van der Waals surface area contributed by atoms with E-state index in [0.717, 1.165) is 72.7 Å². The standard InChI is InChI=1S/C31H34ClN5O4.H3O4P/c1-22(36-41-20-23-4-8-25(32)9-5-23)24-6-10-26(11-7-24)35-31-27-18-30(29(38-2)19-28(27)33-21-34-31)40-15-3-12-37-13-16-39-17-14-37;1-5(2,3)4/h4-11,18-19,21H,3,12-17,20H2,1-2H3,(H,33,34,35);(H3,1,2,3,4). The van der Waals surface area contributed by atoms with Crippen LogP contribution in [0.4, 0.5) is 11.5 Å². The Hall–Kier alpha value is -3.81. The molecule has 0 bridgehead atoms. The van der Waals surface area contributed by atoms with Crippen molar-refractivity contribution in [2.75, 3.05) is 51.9 Å². The summed E-state index contributed by atoms with van der Waals surface area (Å²) in [6.45, 7) is 7.38. The summed E-state index contributed by atoms with van der Waals surface area (Å²) in [5.74, 6) is 1.99. The summed E-state index contributed by atoms with van der Waals surface area (Å²) in [6, 6.07) is 19.3. The van der Waals surface area contributed by atoms with Gasteiger partial charge in [-0.25, -0.2) is 14.5 Å². The van der Waals surface area contributed by atoms with Gasteiger partial charge in [0.2, 0.25) is 0 Å². The van der Waals surface area contributed by atoms with Gasteiger partial charge in [-0.3, -0.25) is 4.90 Å². The van der Waals surface area contributed by atoms with Crippen molar-refractivity contribution >= 4 is 47.5 Å². The molecule has 2 heterocycles. The Morgan fingerprint density at radius 2 is 1.74 bits per heavy atom. The van der Waals surface area contributed by atoms with Crippen molar-refractivity contribution in [3.63, 3.8) is 0 Å². The molecule has 4 aromatic rings. The number of fused-ring (bicyclic) bond motifs is 1. The molecule has 3 aromatic carbocycles. The highest BCUT2D eigenvalue weighted by molar-refractivity contribution is 7.45. The SMILES string of the molecule is COc1cc2ncnc(Nc3ccc(C(C)=NOCc4ccc(Cl)cc4)cc3)c2cc1OCCCN1CCOCC1.O=P(O)(O)O. The van der Waals surface area contributed by atoms with Crippen LogP contribution < -0.4 is 14.8 Å². The summed E-state index contributed by atoms with van der Waals surface area (Å²) in [5, 5.41) is 9.20. The van der Waals surface area contributed by atoms with Gasteiger partial charge in [0.25, 0.3) is 0 Å². The number of benzene rings is 3. The van der Waals surface area contributed by atoms with Crippen molar-refractivity contribution in [3.8, 4) is 11.5 Å². The van der Waals surface area contributed by atoms with Crippen molar-refractivity contribution in [1.82, 2.24) is 14.9 Å². The maximum Gasteiger partial charge on any atom is 0.466 e. The Bertz CT molecular complexity index is 1620. The molecule has 1 saturated heterocycles. The van der Waals surface area contributed by atoms with Crippen LogP contribution in [0.2, 0.25) is 5.02 Å². The summed E-state index contributed by atoms with van der Waals surface area (Å²) >= 11 is 5.94. The smallest absolute Gasteiger partial charge is 0.466 e. The number of phosphoric acid groups is 1. The zero-order valence-electron chi connectivity index (χ0n) is 25.5. The van der Waals surface area contributed by atoms with Crippen molar-refractivity contribution in [1.29, 1.82) is 0 Å². The van der Waals surface area contributed by atoms with Crippen LogP contribution in [0, 0.1) is 0 Å². The van der Waals surface area contributed by atoms with E-state index in [0.29, 0.717) is 35.6 Å². The third kappa shape index (κ3) is 11.5. The van der Waals surface area contributed by atoms with E-state index in [2.05, 4.69) is 25.3 Å². The number of methoxy groups -OCH3 is 1. The van der Waals surface area contributed by atoms with E-state index < -0.39 is 7.82 Å². The van der Waals surface area contributed by atoms with Gasteiger partial charge >= 0.3 is 7.82 Å². The first-order valence-corrected chi connectivity index (χ1v) is 16.4. The van der Waals surface area contributed by atoms with Crippen LogP contribution in [-0.2, 0) is 20.7 Å². The Balaban J connectivity index is 0.000000892. The van der Waals surface area contributed by atoms with Gasteiger partial charge in [0.05, 0.1) is 38.2 Å². The quantitative estimate of drug-likeness (QED) is 0.0677. The predicted molar refractivity (Wildman–Crippen MR) is 176 cm³/mol. The predicted octanol–water partition coefficient (Wildman–Crippen LogP) is 5.15. The van der Waals surface area contributed by atoms with Crippen LogP contribution in [-0.4, -0.2) is 81.8 Å². The maximum absolute atomic E-state index is 8.88. The molecule has 0 radical (unpaired) electrons. The molecule has 5 rings (SSSR count). The third-order valence-electron chi connectivity index (χ3n) is 6.81. The number of rotatable bonds is 12. The van der Waals surface area contributed by atoms with Crippen LogP contribution in [0.3, 0.4) is 0 Å². The van der Waals surface area contributed by atoms with Crippen molar-refractivity contribution in [2.45, 2.75) is 20.0 Å². The van der Waals surface area contributed by atoms with Crippen LogP contribution in [0.1, 0.15) is 24.5 Å². The van der Waals surface area contributed by atoms with Gasteiger partial charge in [-0.05, 0) is 54.8 Å². The average Bonchev–Trinajstić information content (AvgIpc) is 3.04. The summed E-state index contributed by atoms with van der Waals surface area (Å²) in [5.41, 5.74) is 4.38. The lowest BCUT2D eigenvalue weighted by Gasteiger charge is -2.26. The molecule has 0 spiro atoms. The van der Waals surface area contributed by atoms with Crippen molar-refractivity contribution in [2.24, 2.45) is 5.16 Å². The summed E-state index contributed by atoms with van der Waals surface area (Å²) < 4.78 is 26.0. The zero-order valence-corrected chi connectivity index (χ0v) is 27.2. The summed E-state index contributed by atoms with van der Waals surface area (Å²) in [4.78, 5) is 38.4. The molecule has 4 N–H and O–H groups in total. The van der Waals surface area contributed by atoms with Gasteiger partial charge in [-0.1, -0.05) is 41.0 Å².